The van der Waals surface area contributed by atoms with E-state index >= 15 is 0 Å². The van der Waals surface area contributed by atoms with E-state index in [1.54, 1.807) is 10.6 Å². The van der Waals surface area contributed by atoms with Gasteiger partial charge < -0.3 is 14.8 Å². The highest BCUT2D eigenvalue weighted by Crippen LogP contribution is 2.30. The number of carbonyl (C=O) groups is 1. The minimum absolute atomic E-state index is 0.191. The van der Waals surface area contributed by atoms with Gasteiger partial charge in [0, 0.05) is 0 Å². The third-order valence-electron chi connectivity index (χ3n) is 3.62. The highest BCUT2D eigenvalue weighted by molar-refractivity contribution is 5.81. The maximum atomic E-state index is 12.3. The van der Waals surface area contributed by atoms with Gasteiger partial charge in [-0.25, -0.2) is 9.50 Å². The predicted octanol–water partition coefficient (Wildman–Crippen LogP) is 1.19. The van der Waals surface area contributed by atoms with E-state index in [1.165, 1.54) is 6.33 Å². The summed E-state index contributed by atoms with van der Waals surface area (Å²) in [5.41, 5.74) is 1.58. The van der Waals surface area contributed by atoms with Gasteiger partial charge in [-0.15, -0.1) is 0 Å². The van der Waals surface area contributed by atoms with Crippen molar-refractivity contribution in [2.24, 2.45) is 0 Å². The van der Waals surface area contributed by atoms with Gasteiger partial charge in [-0.1, -0.05) is 18.2 Å². The second-order valence-electron chi connectivity index (χ2n) is 5.13. The first-order valence-corrected chi connectivity index (χ1v) is 7.25. The number of nitrogens with zero attached hydrogens (tertiary/aromatic N) is 3. The molecule has 7 heteroatoms. The number of aromatic nitrogens is 3. The molecular weight excluding hydrogens is 296 g/mol. The van der Waals surface area contributed by atoms with Crippen molar-refractivity contribution in [2.75, 3.05) is 6.61 Å². The van der Waals surface area contributed by atoms with Crippen LogP contribution in [0.25, 0.3) is 5.65 Å². The number of hydrogen-bond acceptors (Lipinski definition) is 5. The van der Waals surface area contributed by atoms with Crippen LogP contribution in [0.4, 0.5) is 0 Å². The SMILES string of the molecule is O=C(NCc1cccc2ncnn12)C1COc2ccccc2O1. The monoisotopic (exact) mass is 310 g/mol. The van der Waals surface area contributed by atoms with Crippen molar-refractivity contribution in [1.82, 2.24) is 19.9 Å². The molecule has 1 unspecified atom stereocenters. The number of pyridine rings is 1. The Balaban J connectivity index is 1.44. The fourth-order valence-electron chi connectivity index (χ4n) is 2.48. The van der Waals surface area contributed by atoms with Gasteiger partial charge in [0.25, 0.3) is 5.91 Å². The van der Waals surface area contributed by atoms with Gasteiger partial charge in [0.15, 0.2) is 17.1 Å². The summed E-state index contributed by atoms with van der Waals surface area (Å²) in [6.45, 7) is 0.525. The summed E-state index contributed by atoms with van der Waals surface area (Å²) in [4.78, 5) is 16.4. The van der Waals surface area contributed by atoms with Gasteiger partial charge in [0.05, 0.1) is 12.2 Å². The van der Waals surface area contributed by atoms with Crippen molar-refractivity contribution >= 4 is 11.6 Å². The highest BCUT2D eigenvalue weighted by Gasteiger charge is 2.27. The minimum Gasteiger partial charge on any atom is -0.485 e. The fraction of sp³-hybridized carbons (Fsp3) is 0.188. The summed E-state index contributed by atoms with van der Waals surface area (Å²) < 4.78 is 12.9. The molecule has 1 aliphatic rings. The zero-order valence-corrected chi connectivity index (χ0v) is 12.2. The summed E-state index contributed by atoms with van der Waals surface area (Å²) in [6, 6.07) is 12.9. The van der Waals surface area contributed by atoms with Crippen LogP contribution < -0.4 is 14.8 Å². The number of hydrogen-bond donors (Lipinski definition) is 1. The molecule has 116 valence electrons. The first kappa shape index (κ1) is 13.6. The average Bonchev–Trinajstić information content (AvgIpc) is 3.08. The molecule has 1 N–H and O–H groups in total. The molecule has 1 amide bonds. The van der Waals surface area contributed by atoms with Crippen molar-refractivity contribution in [3.05, 3.63) is 54.5 Å². The lowest BCUT2D eigenvalue weighted by atomic mass is 10.2. The Morgan fingerprint density at radius 2 is 2.09 bits per heavy atom. The van der Waals surface area contributed by atoms with Crippen LogP contribution in [0.5, 0.6) is 11.5 Å². The molecule has 3 heterocycles. The number of carbonyl (C=O) groups excluding carboxylic acids is 1. The van der Waals surface area contributed by atoms with Crippen molar-refractivity contribution in [2.45, 2.75) is 12.6 Å². The molecule has 4 rings (SSSR count). The van der Waals surface area contributed by atoms with Gasteiger partial charge in [0.1, 0.15) is 12.9 Å². The molecule has 3 aromatic rings. The number of ether oxygens (including phenoxy) is 2. The average molecular weight is 310 g/mol. The zero-order valence-electron chi connectivity index (χ0n) is 12.2. The number of fused-ring (bicyclic) bond motifs is 2. The molecule has 0 fully saturated rings. The lowest BCUT2D eigenvalue weighted by molar-refractivity contribution is -0.130. The molecule has 0 radical (unpaired) electrons. The number of benzene rings is 1. The van der Waals surface area contributed by atoms with Gasteiger partial charge in [-0.2, -0.15) is 5.10 Å². The molecule has 0 aliphatic carbocycles. The summed E-state index contributed by atoms with van der Waals surface area (Å²) >= 11 is 0. The second kappa shape index (κ2) is 5.60. The molecule has 23 heavy (non-hydrogen) atoms. The van der Waals surface area contributed by atoms with E-state index in [0.29, 0.717) is 18.0 Å². The third-order valence-corrected chi connectivity index (χ3v) is 3.62. The van der Waals surface area contributed by atoms with E-state index in [1.807, 2.05) is 36.4 Å². The van der Waals surface area contributed by atoms with Crippen LogP contribution in [0.15, 0.2) is 48.8 Å². The number of rotatable bonds is 3. The van der Waals surface area contributed by atoms with E-state index in [9.17, 15) is 4.79 Å². The first-order valence-electron chi connectivity index (χ1n) is 7.25. The van der Waals surface area contributed by atoms with Crippen molar-refractivity contribution < 1.29 is 14.3 Å². The largest absolute Gasteiger partial charge is 0.485 e. The third kappa shape index (κ3) is 2.57. The maximum absolute atomic E-state index is 12.3. The molecular formula is C16H14N4O3. The molecule has 1 aromatic carbocycles. The Kier molecular flexibility index (Phi) is 3.30. The molecule has 1 aliphatic heterocycles. The minimum atomic E-state index is -0.667. The van der Waals surface area contributed by atoms with Crippen molar-refractivity contribution in [3.63, 3.8) is 0 Å². The Hall–Kier alpha value is -3.09. The number of nitrogens with one attached hydrogen (secondary N) is 1. The van der Waals surface area contributed by atoms with Crippen LogP contribution in [0.1, 0.15) is 5.69 Å². The highest BCUT2D eigenvalue weighted by atomic mass is 16.6. The number of para-hydroxylation sites is 2. The van der Waals surface area contributed by atoms with Gasteiger partial charge in [-0.3, -0.25) is 4.79 Å². The van der Waals surface area contributed by atoms with E-state index in [-0.39, 0.29) is 12.5 Å². The summed E-state index contributed by atoms with van der Waals surface area (Å²) in [6.07, 6.45) is 0.815. The molecule has 0 bridgehead atoms. The first-order chi connectivity index (χ1) is 11.3. The zero-order chi connectivity index (χ0) is 15.6. The molecule has 0 spiro atoms. The Labute approximate surface area is 131 Å². The topological polar surface area (TPSA) is 77.8 Å². The second-order valence-corrected chi connectivity index (χ2v) is 5.13. The molecule has 0 saturated heterocycles. The Morgan fingerprint density at radius 3 is 3.00 bits per heavy atom. The van der Waals surface area contributed by atoms with E-state index in [2.05, 4.69) is 15.4 Å². The lowest BCUT2D eigenvalue weighted by Gasteiger charge is -2.25. The molecule has 7 nitrogen and oxygen atoms in total. The van der Waals surface area contributed by atoms with E-state index in [4.69, 9.17) is 9.47 Å². The van der Waals surface area contributed by atoms with Crippen LogP contribution in [-0.4, -0.2) is 33.2 Å². The summed E-state index contributed by atoms with van der Waals surface area (Å²) in [5, 5.41) is 6.99. The summed E-state index contributed by atoms with van der Waals surface area (Å²) in [7, 11) is 0. The molecule has 0 saturated carbocycles. The predicted molar refractivity (Wildman–Crippen MR) is 81.2 cm³/mol. The van der Waals surface area contributed by atoms with Crippen molar-refractivity contribution in [1.29, 1.82) is 0 Å². The lowest BCUT2D eigenvalue weighted by Crippen LogP contribution is -2.43. The van der Waals surface area contributed by atoms with Gasteiger partial charge >= 0.3 is 0 Å². The quantitative estimate of drug-likeness (QED) is 0.786. The molecule has 2 aromatic heterocycles. The van der Waals surface area contributed by atoms with E-state index < -0.39 is 6.10 Å². The van der Waals surface area contributed by atoms with Crippen LogP contribution >= 0.6 is 0 Å². The van der Waals surface area contributed by atoms with E-state index in [0.717, 1.165) is 11.3 Å². The Morgan fingerprint density at radius 1 is 1.22 bits per heavy atom. The van der Waals surface area contributed by atoms with Crippen LogP contribution in [0, 0.1) is 0 Å². The smallest absolute Gasteiger partial charge is 0.265 e. The van der Waals surface area contributed by atoms with Gasteiger partial charge in [0.2, 0.25) is 6.10 Å². The summed E-state index contributed by atoms with van der Waals surface area (Å²) in [5.74, 6) is 1.01. The maximum Gasteiger partial charge on any atom is 0.265 e. The molecule has 1 atom stereocenters. The van der Waals surface area contributed by atoms with Gasteiger partial charge in [-0.05, 0) is 24.3 Å². The Bertz CT molecular complexity index is 861. The van der Waals surface area contributed by atoms with Crippen molar-refractivity contribution in [3.8, 4) is 11.5 Å². The standard InChI is InChI=1S/C16H14N4O3/c21-16(14-9-22-12-5-1-2-6-13(12)23-14)17-8-11-4-3-7-15-18-10-19-20(11)15/h1-7,10,14H,8-9H2,(H,17,21). The normalized spacial score (nSPS) is 16.3. The van der Waals surface area contributed by atoms with Crippen LogP contribution in [0.3, 0.4) is 0 Å². The van der Waals surface area contributed by atoms with Crippen LogP contribution in [0.2, 0.25) is 0 Å². The fourth-order valence-corrected chi connectivity index (χ4v) is 2.48. The number of amides is 1. The van der Waals surface area contributed by atoms with Crippen LogP contribution in [-0.2, 0) is 11.3 Å².